The van der Waals surface area contributed by atoms with Crippen molar-refractivity contribution in [3.63, 3.8) is 0 Å². The van der Waals surface area contributed by atoms with Crippen molar-refractivity contribution in [2.24, 2.45) is 0 Å². The first-order valence-electron chi connectivity index (χ1n) is 4.26. The van der Waals surface area contributed by atoms with Gasteiger partial charge in [-0.25, -0.2) is 4.98 Å². The number of anilines is 1. The van der Waals surface area contributed by atoms with Crippen LogP contribution in [0.2, 0.25) is 0 Å². The van der Waals surface area contributed by atoms with Crippen molar-refractivity contribution in [3.05, 3.63) is 28.1 Å². The third-order valence-electron chi connectivity index (χ3n) is 1.97. The smallest absolute Gasteiger partial charge is 0.180 e. The van der Waals surface area contributed by atoms with E-state index in [0.717, 1.165) is 21.5 Å². The van der Waals surface area contributed by atoms with Gasteiger partial charge in [0.2, 0.25) is 0 Å². The molecule has 0 saturated heterocycles. The molecular weight excluding hydrogens is 276 g/mol. The van der Waals surface area contributed by atoms with Crippen LogP contribution in [0.25, 0.3) is 11.3 Å². The van der Waals surface area contributed by atoms with E-state index in [-0.39, 0.29) is 0 Å². The van der Waals surface area contributed by atoms with Gasteiger partial charge in [0.1, 0.15) is 5.75 Å². The van der Waals surface area contributed by atoms with Crippen LogP contribution in [0.4, 0.5) is 5.13 Å². The Morgan fingerprint density at radius 1 is 1.47 bits per heavy atom. The number of hydrogen-bond donors (Lipinski definition) is 1. The zero-order valence-electron chi connectivity index (χ0n) is 8.03. The molecule has 0 fully saturated rings. The van der Waals surface area contributed by atoms with Crippen LogP contribution in [0, 0.1) is 0 Å². The van der Waals surface area contributed by atoms with E-state index in [1.54, 1.807) is 7.11 Å². The minimum absolute atomic E-state index is 0.558. The monoisotopic (exact) mass is 284 g/mol. The summed E-state index contributed by atoms with van der Waals surface area (Å²) in [6, 6.07) is 5.77. The van der Waals surface area contributed by atoms with E-state index < -0.39 is 0 Å². The van der Waals surface area contributed by atoms with Crippen molar-refractivity contribution in [3.8, 4) is 17.0 Å². The molecule has 0 amide bonds. The topological polar surface area (TPSA) is 48.1 Å². The van der Waals surface area contributed by atoms with Crippen LogP contribution in [-0.4, -0.2) is 12.1 Å². The molecule has 15 heavy (non-hydrogen) atoms. The van der Waals surface area contributed by atoms with Gasteiger partial charge < -0.3 is 10.5 Å². The van der Waals surface area contributed by atoms with Crippen LogP contribution in [0.15, 0.2) is 28.1 Å². The Hall–Kier alpha value is -1.07. The summed E-state index contributed by atoms with van der Waals surface area (Å²) in [6.45, 7) is 0. The first-order chi connectivity index (χ1) is 7.22. The molecule has 5 heteroatoms. The number of hydrogen-bond acceptors (Lipinski definition) is 4. The number of halogens is 1. The largest absolute Gasteiger partial charge is 0.496 e. The number of aromatic nitrogens is 1. The van der Waals surface area contributed by atoms with Crippen LogP contribution in [0.5, 0.6) is 5.75 Å². The molecule has 0 aliphatic rings. The van der Waals surface area contributed by atoms with Gasteiger partial charge in [0.05, 0.1) is 18.4 Å². The molecule has 1 aromatic carbocycles. The highest BCUT2D eigenvalue weighted by Crippen LogP contribution is 2.37. The van der Waals surface area contributed by atoms with Crippen molar-refractivity contribution in [2.45, 2.75) is 0 Å². The molecule has 0 aliphatic heterocycles. The minimum Gasteiger partial charge on any atom is -0.496 e. The molecule has 0 spiro atoms. The summed E-state index contributed by atoms with van der Waals surface area (Å²) in [5.74, 6) is 0.787. The molecule has 0 aliphatic carbocycles. The van der Waals surface area contributed by atoms with E-state index in [2.05, 4.69) is 20.9 Å². The fraction of sp³-hybridized carbons (Fsp3) is 0.100. The highest BCUT2D eigenvalue weighted by molar-refractivity contribution is 9.10. The maximum atomic E-state index is 5.61. The van der Waals surface area contributed by atoms with Crippen molar-refractivity contribution in [1.82, 2.24) is 4.98 Å². The van der Waals surface area contributed by atoms with Gasteiger partial charge in [-0.15, -0.1) is 11.3 Å². The second-order valence-corrected chi connectivity index (χ2v) is 4.63. The number of ether oxygens (including phenoxy) is 1. The van der Waals surface area contributed by atoms with E-state index in [9.17, 15) is 0 Å². The van der Waals surface area contributed by atoms with Gasteiger partial charge in [-0.1, -0.05) is 6.07 Å². The Bertz CT molecular complexity index is 484. The number of nitrogens with two attached hydrogens (primary N) is 1. The normalized spacial score (nSPS) is 10.3. The van der Waals surface area contributed by atoms with Crippen molar-refractivity contribution >= 4 is 32.4 Å². The Balaban J connectivity index is 2.60. The molecular formula is C10H9BrN2OS. The summed E-state index contributed by atoms with van der Waals surface area (Å²) in [6.07, 6.45) is 0. The summed E-state index contributed by atoms with van der Waals surface area (Å²) in [5, 5.41) is 2.47. The van der Waals surface area contributed by atoms with E-state index >= 15 is 0 Å². The Morgan fingerprint density at radius 3 is 2.87 bits per heavy atom. The van der Waals surface area contributed by atoms with Gasteiger partial charge >= 0.3 is 0 Å². The molecule has 2 aromatic rings. The van der Waals surface area contributed by atoms with E-state index in [4.69, 9.17) is 10.5 Å². The maximum absolute atomic E-state index is 5.61. The van der Waals surface area contributed by atoms with E-state index in [0.29, 0.717) is 5.13 Å². The predicted molar refractivity (Wildman–Crippen MR) is 66.2 cm³/mol. The Kier molecular flexibility index (Phi) is 2.93. The number of nitrogens with zero attached hydrogens (tertiary/aromatic N) is 1. The number of rotatable bonds is 2. The van der Waals surface area contributed by atoms with E-state index in [1.165, 1.54) is 11.3 Å². The Morgan fingerprint density at radius 2 is 2.27 bits per heavy atom. The lowest BCUT2D eigenvalue weighted by atomic mass is 10.1. The number of thiazole rings is 1. The lowest BCUT2D eigenvalue weighted by molar-refractivity contribution is 0.416. The summed E-state index contributed by atoms with van der Waals surface area (Å²) in [4.78, 5) is 4.24. The lowest BCUT2D eigenvalue weighted by Crippen LogP contribution is -1.90. The maximum Gasteiger partial charge on any atom is 0.180 e. The van der Waals surface area contributed by atoms with Gasteiger partial charge in [0.15, 0.2) is 5.13 Å². The first-order valence-corrected chi connectivity index (χ1v) is 5.93. The third-order valence-corrected chi connectivity index (χ3v) is 3.31. The second kappa shape index (κ2) is 4.20. The second-order valence-electron chi connectivity index (χ2n) is 2.89. The molecule has 1 heterocycles. The first kappa shape index (κ1) is 10.4. The molecule has 0 saturated carbocycles. The standard InChI is InChI=1S/C10H9BrN2OS/c1-14-8-4-2-3-6(11)9(8)7-5-15-10(12)13-7/h2-5H,1H3,(H2,12,13). The van der Waals surface area contributed by atoms with Crippen LogP contribution >= 0.6 is 27.3 Å². The molecule has 0 atom stereocenters. The number of benzene rings is 1. The SMILES string of the molecule is COc1cccc(Br)c1-c1csc(N)n1. The number of methoxy groups -OCH3 is 1. The zero-order chi connectivity index (χ0) is 10.8. The van der Waals surface area contributed by atoms with Crippen molar-refractivity contribution < 1.29 is 4.74 Å². The van der Waals surface area contributed by atoms with Crippen molar-refractivity contribution in [1.29, 1.82) is 0 Å². The molecule has 2 rings (SSSR count). The van der Waals surface area contributed by atoms with Gasteiger partial charge in [-0.2, -0.15) is 0 Å². The van der Waals surface area contributed by atoms with Crippen LogP contribution in [0.1, 0.15) is 0 Å². The molecule has 0 radical (unpaired) electrons. The van der Waals surface area contributed by atoms with Gasteiger partial charge in [0.25, 0.3) is 0 Å². The average molecular weight is 285 g/mol. The molecule has 2 N–H and O–H groups in total. The third kappa shape index (κ3) is 1.98. The highest BCUT2D eigenvalue weighted by Gasteiger charge is 2.12. The zero-order valence-corrected chi connectivity index (χ0v) is 10.4. The molecule has 1 aromatic heterocycles. The molecule has 0 bridgehead atoms. The van der Waals surface area contributed by atoms with Crippen LogP contribution < -0.4 is 10.5 Å². The number of nitrogen functional groups attached to an aromatic ring is 1. The fourth-order valence-corrected chi connectivity index (χ4v) is 2.43. The molecule has 3 nitrogen and oxygen atoms in total. The van der Waals surface area contributed by atoms with E-state index in [1.807, 2.05) is 23.6 Å². The quantitative estimate of drug-likeness (QED) is 0.922. The van der Waals surface area contributed by atoms with Gasteiger partial charge in [-0.3, -0.25) is 0 Å². The van der Waals surface area contributed by atoms with Crippen LogP contribution in [-0.2, 0) is 0 Å². The van der Waals surface area contributed by atoms with Crippen molar-refractivity contribution in [2.75, 3.05) is 12.8 Å². The van der Waals surface area contributed by atoms with Gasteiger partial charge in [0, 0.05) is 9.85 Å². The molecule has 0 unspecified atom stereocenters. The molecule has 78 valence electrons. The van der Waals surface area contributed by atoms with Gasteiger partial charge in [-0.05, 0) is 28.1 Å². The Labute approximate surface area is 100 Å². The summed E-state index contributed by atoms with van der Waals surface area (Å²) in [5.41, 5.74) is 7.38. The average Bonchev–Trinajstić information content (AvgIpc) is 2.64. The lowest BCUT2D eigenvalue weighted by Gasteiger charge is -2.07. The fourth-order valence-electron chi connectivity index (χ4n) is 1.33. The van der Waals surface area contributed by atoms with Crippen LogP contribution in [0.3, 0.4) is 0 Å². The summed E-state index contributed by atoms with van der Waals surface area (Å²) in [7, 11) is 1.64. The minimum atomic E-state index is 0.558. The predicted octanol–water partition coefficient (Wildman–Crippen LogP) is 3.16. The summed E-state index contributed by atoms with van der Waals surface area (Å²) >= 11 is 4.90. The summed E-state index contributed by atoms with van der Waals surface area (Å²) < 4.78 is 6.23. The highest BCUT2D eigenvalue weighted by atomic mass is 79.9.